The second-order valence-corrected chi connectivity index (χ2v) is 6.64. The van der Waals surface area contributed by atoms with E-state index in [0.717, 1.165) is 10.9 Å². The summed E-state index contributed by atoms with van der Waals surface area (Å²) in [5.41, 5.74) is 3.80. The molecule has 0 aliphatic carbocycles. The Morgan fingerprint density at radius 2 is 2.00 bits per heavy atom. The van der Waals surface area contributed by atoms with Crippen LogP contribution in [-0.4, -0.2) is 46.5 Å². The first-order valence-corrected chi connectivity index (χ1v) is 9.08. The van der Waals surface area contributed by atoms with E-state index >= 15 is 0 Å². The fraction of sp³-hybridized carbons (Fsp3) is 0.150. The van der Waals surface area contributed by atoms with Gasteiger partial charge in [0.15, 0.2) is 5.65 Å². The van der Waals surface area contributed by atoms with E-state index in [9.17, 15) is 4.39 Å². The Labute approximate surface area is 176 Å². The molecule has 0 saturated carbocycles. The molecule has 0 aliphatic rings. The van der Waals surface area contributed by atoms with Gasteiger partial charge in [0, 0.05) is 35.0 Å². The van der Waals surface area contributed by atoms with E-state index in [0.29, 0.717) is 34.5 Å². The third-order valence-electron chi connectivity index (χ3n) is 4.71. The van der Waals surface area contributed by atoms with E-state index in [1.165, 1.54) is 6.07 Å². The lowest BCUT2D eigenvalue weighted by atomic mass is 10.1. The lowest BCUT2D eigenvalue weighted by molar-refractivity contribution is 0.269. The molecule has 30 heavy (non-hydrogen) atoms. The normalized spacial score (nSPS) is 11.1. The van der Waals surface area contributed by atoms with E-state index in [2.05, 4.69) is 25.4 Å². The van der Waals surface area contributed by atoms with Crippen LogP contribution in [0, 0.1) is 5.82 Å². The molecule has 0 aliphatic heterocycles. The minimum absolute atomic E-state index is 0. The van der Waals surface area contributed by atoms with Crippen molar-refractivity contribution in [3.05, 3.63) is 66.4 Å². The molecule has 0 radical (unpaired) electrons. The highest BCUT2D eigenvalue weighted by Gasteiger charge is 2.13. The monoisotopic (exact) mass is 425 g/mol. The first-order chi connectivity index (χ1) is 14.2. The molecule has 0 saturated heterocycles. The summed E-state index contributed by atoms with van der Waals surface area (Å²) < 4.78 is 17.8. The summed E-state index contributed by atoms with van der Waals surface area (Å²) in [5.74, 6) is -0.346. The van der Waals surface area contributed by atoms with E-state index in [4.69, 9.17) is 5.11 Å². The molecular formula is C20H17ClFN7O. The van der Waals surface area contributed by atoms with Gasteiger partial charge in [-0.3, -0.25) is 9.67 Å². The largest absolute Gasteiger partial charge is 0.394 e. The van der Waals surface area contributed by atoms with E-state index in [-0.39, 0.29) is 31.4 Å². The van der Waals surface area contributed by atoms with Crippen LogP contribution in [0.5, 0.6) is 0 Å². The third-order valence-corrected chi connectivity index (χ3v) is 4.71. The predicted molar refractivity (Wildman–Crippen MR) is 112 cm³/mol. The molecule has 0 amide bonds. The van der Waals surface area contributed by atoms with Crippen molar-refractivity contribution in [2.45, 2.75) is 13.1 Å². The van der Waals surface area contributed by atoms with Crippen LogP contribution in [0.25, 0.3) is 33.3 Å². The van der Waals surface area contributed by atoms with Gasteiger partial charge in [0.2, 0.25) is 0 Å². The van der Waals surface area contributed by atoms with Gasteiger partial charge in [0.05, 0.1) is 37.1 Å². The first-order valence-electron chi connectivity index (χ1n) is 9.08. The maximum atomic E-state index is 14.6. The Bertz CT molecular complexity index is 1330. The molecule has 152 valence electrons. The smallest absolute Gasteiger partial charge is 0.179 e. The van der Waals surface area contributed by atoms with E-state index < -0.39 is 0 Å². The van der Waals surface area contributed by atoms with Crippen LogP contribution in [-0.2, 0) is 13.1 Å². The lowest BCUT2D eigenvalue weighted by Gasteiger charge is -2.06. The number of hydrogen-bond donors (Lipinski definition) is 1. The van der Waals surface area contributed by atoms with Crippen LogP contribution in [0.3, 0.4) is 0 Å². The second-order valence-electron chi connectivity index (χ2n) is 6.64. The quantitative estimate of drug-likeness (QED) is 0.465. The number of aromatic nitrogens is 7. The van der Waals surface area contributed by atoms with Crippen LogP contribution in [0.4, 0.5) is 4.39 Å². The Morgan fingerprint density at radius 1 is 1.10 bits per heavy atom. The molecule has 4 aromatic heterocycles. The number of hydrogen-bond acceptors (Lipinski definition) is 6. The number of aliphatic hydroxyl groups excluding tert-OH is 1. The summed E-state index contributed by atoms with van der Waals surface area (Å²) in [6.07, 6.45) is 5.14. The fourth-order valence-electron chi connectivity index (χ4n) is 3.27. The van der Waals surface area contributed by atoms with Crippen molar-refractivity contribution >= 4 is 34.5 Å². The Balaban J connectivity index is 0.00000218. The highest BCUT2D eigenvalue weighted by Crippen LogP contribution is 2.22. The van der Waals surface area contributed by atoms with Gasteiger partial charge in [0.1, 0.15) is 11.3 Å². The maximum absolute atomic E-state index is 14.6. The second kappa shape index (κ2) is 8.13. The van der Waals surface area contributed by atoms with Gasteiger partial charge >= 0.3 is 0 Å². The van der Waals surface area contributed by atoms with E-state index in [1.807, 2.05) is 30.5 Å². The third kappa shape index (κ3) is 3.60. The maximum Gasteiger partial charge on any atom is 0.179 e. The van der Waals surface area contributed by atoms with Gasteiger partial charge in [-0.25, -0.2) is 14.1 Å². The van der Waals surface area contributed by atoms with Gasteiger partial charge in [-0.2, -0.15) is 5.10 Å². The molecule has 5 aromatic rings. The molecule has 10 heteroatoms. The minimum atomic E-state index is -0.346. The Hall–Kier alpha value is -3.43. The molecule has 1 aromatic carbocycles. The Morgan fingerprint density at radius 3 is 2.87 bits per heavy atom. The number of rotatable bonds is 5. The molecule has 0 atom stereocenters. The van der Waals surface area contributed by atoms with Crippen molar-refractivity contribution in [3.63, 3.8) is 0 Å². The van der Waals surface area contributed by atoms with Crippen LogP contribution in [0.2, 0.25) is 0 Å². The minimum Gasteiger partial charge on any atom is -0.394 e. The van der Waals surface area contributed by atoms with Crippen LogP contribution >= 0.6 is 12.4 Å². The van der Waals surface area contributed by atoms with Crippen molar-refractivity contribution in [1.29, 1.82) is 0 Å². The molecular weight excluding hydrogens is 409 g/mol. The molecule has 0 unspecified atom stereocenters. The molecule has 5 rings (SSSR count). The number of pyridine rings is 2. The van der Waals surface area contributed by atoms with Gasteiger partial charge in [-0.15, -0.1) is 17.5 Å². The molecule has 0 fully saturated rings. The number of halogens is 2. The first kappa shape index (κ1) is 19.9. The average Bonchev–Trinajstić information content (AvgIpc) is 3.36. The average molecular weight is 426 g/mol. The summed E-state index contributed by atoms with van der Waals surface area (Å²) in [6, 6.07) is 10.6. The molecule has 1 N–H and O–H groups in total. The topological polar surface area (TPSA) is 94.5 Å². The highest BCUT2D eigenvalue weighted by atomic mass is 35.5. The predicted octanol–water partition coefficient (Wildman–Crippen LogP) is 2.84. The Kier molecular flexibility index (Phi) is 5.39. The van der Waals surface area contributed by atoms with E-state index in [1.54, 1.807) is 27.8 Å². The van der Waals surface area contributed by atoms with Crippen LogP contribution in [0.1, 0.15) is 5.56 Å². The number of fused-ring (bicyclic) bond motifs is 2. The summed E-state index contributed by atoms with van der Waals surface area (Å²) in [4.78, 5) is 8.83. The van der Waals surface area contributed by atoms with Crippen LogP contribution in [0.15, 0.2) is 55.0 Å². The zero-order chi connectivity index (χ0) is 19.8. The lowest BCUT2D eigenvalue weighted by Crippen LogP contribution is -2.05. The van der Waals surface area contributed by atoms with Crippen LogP contribution < -0.4 is 0 Å². The summed E-state index contributed by atoms with van der Waals surface area (Å²) in [7, 11) is 0. The van der Waals surface area contributed by atoms with Gasteiger partial charge in [0.25, 0.3) is 0 Å². The zero-order valence-corrected chi connectivity index (χ0v) is 16.5. The van der Waals surface area contributed by atoms with Gasteiger partial charge in [-0.05, 0) is 24.3 Å². The summed E-state index contributed by atoms with van der Waals surface area (Å²) in [5, 5.41) is 22.4. The molecule has 4 heterocycles. The van der Waals surface area contributed by atoms with Crippen molar-refractivity contribution in [1.82, 2.24) is 34.7 Å². The fourth-order valence-corrected chi connectivity index (χ4v) is 3.27. The summed E-state index contributed by atoms with van der Waals surface area (Å²) in [6.45, 7) is 0.627. The number of aliphatic hydroxyl groups is 1. The zero-order valence-electron chi connectivity index (χ0n) is 15.7. The van der Waals surface area contributed by atoms with Crippen molar-refractivity contribution in [3.8, 4) is 11.3 Å². The summed E-state index contributed by atoms with van der Waals surface area (Å²) >= 11 is 0. The standard InChI is InChI=1S/C20H16FN7O.ClH/c21-16-9-19-13(2-1-5-22-19)8-14(16)12-28-20-18(25-26-28)4-3-17(24-20)15-10-23-27(11-15)6-7-29;/h1-5,8-11,29H,6-7,12H2;1H. The molecule has 8 nitrogen and oxygen atoms in total. The van der Waals surface area contributed by atoms with Crippen molar-refractivity contribution in [2.24, 2.45) is 0 Å². The molecule has 0 spiro atoms. The highest BCUT2D eigenvalue weighted by molar-refractivity contribution is 5.85. The SMILES string of the molecule is Cl.OCCn1cc(-c2ccc3nnn(Cc4cc5cccnc5cc4F)c3n2)cn1. The molecule has 0 bridgehead atoms. The van der Waals surface area contributed by atoms with Gasteiger partial charge in [-0.1, -0.05) is 11.3 Å². The van der Waals surface area contributed by atoms with Crippen molar-refractivity contribution in [2.75, 3.05) is 6.61 Å². The van der Waals surface area contributed by atoms with Crippen molar-refractivity contribution < 1.29 is 9.50 Å². The van der Waals surface area contributed by atoms with Gasteiger partial charge < -0.3 is 5.11 Å². The number of nitrogens with zero attached hydrogens (tertiary/aromatic N) is 7. The number of benzene rings is 1.